The average molecular weight is 302 g/mol. The third kappa shape index (κ3) is 2.83. The van der Waals surface area contributed by atoms with Crippen LogP contribution < -0.4 is 5.32 Å². The highest BCUT2D eigenvalue weighted by Crippen LogP contribution is 2.20. The summed E-state index contributed by atoms with van der Waals surface area (Å²) in [4.78, 5) is 33.1. The van der Waals surface area contributed by atoms with Crippen molar-refractivity contribution in [3.8, 4) is 0 Å². The molecule has 2 amide bonds. The zero-order valence-corrected chi connectivity index (χ0v) is 13.0. The molecule has 22 heavy (non-hydrogen) atoms. The van der Waals surface area contributed by atoms with Crippen LogP contribution in [-0.4, -0.2) is 58.3 Å². The molecule has 2 saturated heterocycles. The summed E-state index contributed by atoms with van der Waals surface area (Å²) in [5, 5.41) is 2.88. The largest absolute Gasteiger partial charge is 0.342 e. The molecule has 0 saturated carbocycles. The first-order chi connectivity index (χ1) is 10.6. The number of carbonyl (C=O) groups is 2. The number of amides is 2. The van der Waals surface area contributed by atoms with E-state index >= 15 is 0 Å². The minimum Gasteiger partial charge on any atom is -0.342 e. The second-order valence-electron chi connectivity index (χ2n) is 6.33. The van der Waals surface area contributed by atoms with E-state index in [4.69, 9.17) is 0 Å². The maximum absolute atomic E-state index is 12.5. The van der Waals surface area contributed by atoms with E-state index in [1.807, 2.05) is 32.0 Å². The predicted octanol–water partition coefficient (Wildman–Crippen LogP) is 0.249. The van der Waals surface area contributed by atoms with Gasteiger partial charge >= 0.3 is 0 Å². The number of pyridine rings is 1. The molecule has 3 rings (SSSR count). The Morgan fingerprint density at radius 2 is 2.14 bits per heavy atom. The van der Waals surface area contributed by atoms with E-state index < -0.39 is 0 Å². The van der Waals surface area contributed by atoms with Crippen molar-refractivity contribution in [1.82, 2.24) is 20.1 Å². The van der Waals surface area contributed by atoms with Gasteiger partial charge in [0.1, 0.15) is 12.1 Å². The van der Waals surface area contributed by atoms with E-state index in [0.717, 1.165) is 12.2 Å². The van der Waals surface area contributed by atoms with Gasteiger partial charge in [0.25, 0.3) is 0 Å². The zero-order valence-electron chi connectivity index (χ0n) is 13.0. The molecule has 2 atom stereocenters. The van der Waals surface area contributed by atoms with Crippen LogP contribution in [0.15, 0.2) is 24.4 Å². The fraction of sp³-hybridized carbons (Fsp3) is 0.562. The normalized spacial score (nSPS) is 26.0. The van der Waals surface area contributed by atoms with Crippen LogP contribution in [0.4, 0.5) is 0 Å². The van der Waals surface area contributed by atoms with Gasteiger partial charge in [-0.3, -0.25) is 19.5 Å². The van der Waals surface area contributed by atoms with Gasteiger partial charge in [-0.05, 0) is 18.1 Å². The van der Waals surface area contributed by atoms with Crippen molar-refractivity contribution in [3.63, 3.8) is 0 Å². The highest BCUT2D eigenvalue weighted by molar-refractivity contribution is 5.97. The summed E-state index contributed by atoms with van der Waals surface area (Å²) in [6.45, 7) is 6.57. The Morgan fingerprint density at radius 1 is 1.32 bits per heavy atom. The molecule has 2 aliphatic rings. The summed E-state index contributed by atoms with van der Waals surface area (Å²) in [6.07, 6.45) is 1.77. The summed E-state index contributed by atoms with van der Waals surface area (Å²) < 4.78 is 0. The SMILES string of the molecule is CC(C)[C@@H]1NC(=O)[C@H]2CN(Cc3ccccn3)CCN2C1=O. The van der Waals surface area contributed by atoms with Crippen molar-refractivity contribution in [2.24, 2.45) is 5.92 Å². The molecule has 0 unspecified atom stereocenters. The van der Waals surface area contributed by atoms with Gasteiger partial charge in [-0.25, -0.2) is 0 Å². The molecule has 0 spiro atoms. The van der Waals surface area contributed by atoms with Gasteiger partial charge in [-0.15, -0.1) is 0 Å². The van der Waals surface area contributed by atoms with Gasteiger partial charge in [-0.2, -0.15) is 0 Å². The second kappa shape index (κ2) is 6.04. The molecule has 1 aromatic rings. The molecule has 118 valence electrons. The molecule has 6 nitrogen and oxygen atoms in total. The Morgan fingerprint density at radius 3 is 2.82 bits per heavy atom. The number of nitrogens with zero attached hydrogens (tertiary/aromatic N) is 3. The minimum absolute atomic E-state index is 0.0379. The number of fused-ring (bicyclic) bond motifs is 1. The van der Waals surface area contributed by atoms with E-state index in [-0.39, 0.29) is 29.8 Å². The van der Waals surface area contributed by atoms with Crippen LogP contribution in [0, 0.1) is 5.92 Å². The van der Waals surface area contributed by atoms with Crippen LogP contribution in [0.25, 0.3) is 0 Å². The van der Waals surface area contributed by atoms with Gasteiger partial charge in [0, 0.05) is 32.4 Å². The number of nitrogens with one attached hydrogen (secondary N) is 1. The van der Waals surface area contributed by atoms with Gasteiger partial charge in [0.05, 0.1) is 5.69 Å². The minimum atomic E-state index is -0.383. The monoisotopic (exact) mass is 302 g/mol. The molecule has 2 aliphatic heterocycles. The third-order valence-electron chi connectivity index (χ3n) is 4.39. The standard InChI is InChI=1S/C16H22N4O2/c1-11(2)14-16(22)20-8-7-19(10-13(20)15(21)18-14)9-12-5-3-4-6-17-12/h3-6,11,13-14H,7-10H2,1-2H3,(H,18,21)/t13-,14+/m1/s1. The van der Waals surface area contributed by atoms with E-state index in [2.05, 4.69) is 15.2 Å². The quantitative estimate of drug-likeness (QED) is 0.869. The zero-order chi connectivity index (χ0) is 15.7. The predicted molar refractivity (Wildman–Crippen MR) is 81.8 cm³/mol. The molecule has 3 heterocycles. The van der Waals surface area contributed by atoms with Gasteiger partial charge in [-0.1, -0.05) is 19.9 Å². The molecule has 2 fully saturated rings. The van der Waals surface area contributed by atoms with Crippen LogP contribution in [0.5, 0.6) is 0 Å². The van der Waals surface area contributed by atoms with Crippen molar-refractivity contribution in [1.29, 1.82) is 0 Å². The Labute approximate surface area is 130 Å². The Kier molecular flexibility index (Phi) is 4.11. The molecule has 0 aliphatic carbocycles. The number of carbonyl (C=O) groups excluding carboxylic acids is 2. The molecule has 0 bridgehead atoms. The Hall–Kier alpha value is -1.95. The molecule has 1 N–H and O–H groups in total. The van der Waals surface area contributed by atoms with Crippen molar-refractivity contribution < 1.29 is 9.59 Å². The third-order valence-corrected chi connectivity index (χ3v) is 4.39. The maximum atomic E-state index is 12.5. The summed E-state index contributed by atoms with van der Waals surface area (Å²) in [7, 11) is 0. The van der Waals surface area contributed by atoms with Crippen LogP contribution in [-0.2, 0) is 16.1 Å². The van der Waals surface area contributed by atoms with Crippen molar-refractivity contribution in [2.45, 2.75) is 32.5 Å². The Bertz CT molecular complexity index is 561. The molecular formula is C16H22N4O2. The summed E-state index contributed by atoms with van der Waals surface area (Å²) in [5.74, 6) is 0.130. The first kappa shape index (κ1) is 15.0. The maximum Gasteiger partial charge on any atom is 0.246 e. The summed E-state index contributed by atoms with van der Waals surface area (Å²) in [6, 6.07) is 5.07. The van der Waals surface area contributed by atoms with Crippen molar-refractivity contribution in [3.05, 3.63) is 30.1 Å². The smallest absolute Gasteiger partial charge is 0.246 e. The molecule has 0 radical (unpaired) electrons. The fourth-order valence-corrected chi connectivity index (χ4v) is 3.13. The number of rotatable bonds is 3. The van der Waals surface area contributed by atoms with Crippen molar-refractivity contribution in [2.75, 3.05) is 19.6 Å². The van der Waals surface area contributed by atoms with Crippen LogP contribution in [0.3, 0.4) is 0 Å². The summed E-state index contributed by atoms with van der Waals surface area (Å²) >= 11 is 0. The highest BCUT2D eigenvalue weighted by atomic mass is 16.2. The lowest BCUT2D eigenvalue weighted by molar-refractivity contribution is -0.154. The lowest BCUT2D eigenvalue weighted by atomic mass is 9.96. The van der Waals surface area contributed by atoms with Crippen molar-refractivity contribution >= 4 is 11.8 Å². The average Bonchev–Trinajstić information content (AvgIpc) is 2.51. The first-order valence-electron chi connectivity index (χ1n) is 7.79. The topological polar surface area (TPSA) is 65.5 Å². The molecule has 1 aromatic heterocycles. The molecule has 0 aromatic carbocycles. The van der Waals surface area contributed by atoms with Gasteiger partial charge in [0.2, 0.25) is 11.8 Å². The fourth-order valence-electron chi connectivity index (χ4n) is 3.13. The number of aromatic nitrogens is 1. The highest BCUT2D eigenvalue weighted by Gasteiger charge is 2.44. The van der Waals surface area contributed by atoms with Gasteiger partial charge < -0.3 is 10.2 Å². The van der Waals surface area contributed by atoms with Crippen LogP contribution >= 0.6 is 0 Å². The number of piperazine rings is 2. The van der Waals surface area contributed by atoms with Gasteiger partial charge in [0.15, 0.2) is 0 Å². The van der Waals surface area contributed by atoms with E-state index in [1.165, 1.54) is 0 Å². The molecule has 6 heteroatoms. The number of hydrogen-bond donors (Lipinski definition) is 1. The Balaban J connectivity index is 1.68. The van der Waals surface area contributed by atoms with E-state index in [1.54, 1.807) is 11.1 Å². The molecular weight excluding hydrogens is 280 g/mol. The second-order valence-corrected chi connectivity index (χ2v) is 6.33. The summed E-state index contributed by atoms with van der Waals surface area (Å²) in [5.41, 5.74) is 0.985. The van der Waals surface area contributed by atoms with Crippen LogP contribution in [0.2, 0.25) is 0 Å². The first-order valence-corrected chi connectivity index (χ1v) is 7.79. The lowest BCUT2D eigenvalue weighted by Crippen LogP contribution is -2.70. The van der Waals surface area contributed by atoms with E-state index in [0.29, 0.717) is 19.6 Å². The lowest BCUT2D eigenvalue weighted by Gasteiger charge is -2.46. The van der Waals surface area contributed by atoms with E-state index in [9.17, 15) is 9.59 Å². The number of hydrogen-bond acceptors (Lipinski definition) is 4. The van der Waals surface area contributed by atoms with Crippen LogP contribution in [0.1, 0.15) is 19.5 Å².